The second-order valence-electron chi connectivity index (χ2n) is 5.78. The van der Waals surface area contributed by atoms with E-state index >= 15 is 0 Å². The van der Waals surface area contributed by atoms with Crippen molar-refractivity contribution in [2.75, 3.05) is 26.1 Å². The Bertz CT molecular complexity index is 821. The first-order valence-electron chi connectivity index (χ1n) is 8.05. The van der Waals surface area contributed by atoms with Crippen molar-refractivity contribution in [3.63, 3.8) is 0 Å². The molecule has 0 aromatic heterocycles. The topological polar surface area (TPSA) is 103 Å². The Labute approximate surface area is 161 Å². The highest BCUT2D eigenvalue weighted by Crippen LogP contribution is 2.27. The fourth-order valence-electron chi connectivity index (χ4n) is 2.37. The Balaban J connectivity index is 2.03. The summed E-state index contributed by atoms with van der Waals surface area (Å²) in [6.07, 6.45) is 0. The minimum atomic E-state index is -0.514. The summed E-state index contributed by atoms with van der Waals surface area (Å²) in [5.74, 6) is 0.691. The molecule has 27 heavy (non-hydrogen) atoms. The Morgan fingerprint density at radius 2 is 1.81 bits per heavy atom. The molecule has 0 fully saturated rings. The molecule has 0 unspecified atom stereocenters. The van der Waals surface area contributed by atoms with Gasteiger partial charge in [0.15, 0.2) is 0 Å². The molecule has 2 N–H and O–H groups in total. The number of nitro benzene ring substituents is 1. The van der Waals surface area contributed by atoms with Gasteiger partial charge in [0.25, 0.3) is 11.6 Å². The number of hydrogen-bond donors (Lipinski definition) is 2. The summed E-state index contributed by atoms with van der Waals surface area (Å²) in [6, 6.07) is 8.93. The van der Waals surface area contributed by atoms with E-state index in [2.05, 4.69) is 10.6 Å². The van der Waals surface area contributed by atoms with Crippen LogP contribution in [0.25, 0.3) is 0 Å². The Kier molecular flexibility index (Phi) is 6.84. The molecule has 0 saturated heterocycles. The fourth-order valence-corrected chi connectivity index (χ4v) is 2.53. The van der Waals surface area contributed by atoms with Gasteiger partial charge in [0.2, 0.25) is 0 Å². The molecule has 2 rings (SSSR count). The number of methoxy groups -OCH3 is 2. The van der Waals surface area contributed by atoms with E-state index in [4.69, 9.17) is 21.1 Å². The van der Waals surface area contributed by atoms with Gasteiger partial charge in [-0.05, 0) is 31.2 Å². The van der Waals surface area contributed by atoms with Crippen LogP contribution in [-0.4, -0.2) is 37.6 Å². The molecular formula is C18H20ClN3O5. The number of ether oxygens (including phenoxy) is 2. The van der Waals surface area contributed by atoms with Crippen molar-refractivity contribution in [2.45, 2.75) is 13.0 Å². The molecule has 0 radical (unpaired) electrons. The molecule has 0 spiro atoms. The van der Waals surface area contributed by atoms with Gasteiger partial charge >= 0.3 is 0 Å². The van der Waals surface area contributed by atoms with Crippen LogP contribution in [0.1, 0.15) is 17.3 Å². The number of nitrogens with one attached hydrogen (secondary N) is 2. The average Bonchev–Trinajstić information content (AvgIpc) is 2.66. The van der Waals surface area contributed by atoms with Crippen molar-refractivity contribution >= 4 is 28.9 Å². The van der Waals surface area contributed by atoms with Crippen molar-refractivity contribution in [1.82, 2.24) is 5.32 Å². The number of carbonyl (C=O) groups is 1. The minimum absolute atomic E-state index is 0.126. The number of anilines is 1. The van der Waals surface area contributed by atoms with Gasteiger partial charge in [-0.2, -0.15) is 0 Å². The van der Waals surface area contributed by atoms with Crippen LogP contribution >= 0.6 is 11.6 Å². The highest BCUT2D eigenvalue weighted by molar-refractivity contribution is 6.30. The number of hydrogen-bond acceptors (Lipinski definition) is 6. The lowest BCUT2D eigenvalue weighted by Crippen LogP contribution is -2.37. The van der Waals surface area contributed by atoms with Gasteiger partial charge in [-0.1, -0.05) is 11.6 Å². The van der Waals surface area contributed by atoms with E-state index < -0.39 is 4.92 Å². The number of nitro groups is 1. The zero-order chi connectivity index (χ0) is 20.0. The lowest BCUT2D eigenvalue weighted by Gasteiger charge is -2.16. The van der Waals surface area contributed by atoms with E-state index in [1.807, 2.05) is 0 Å². The smallest absolute Gasteiger partial charge is 0.293 e. The van der Waals surface area contributed by atoms with Gasteiger partial charge in [-0.25, -0.2) is 0 Å². The van der Waals surface area contributed by atoms with Crippen molar-refractivity contribution in [2.24, 2.45) is 0 Å². The first kappa shape index (κ1) is 20.3. The zero-order valence-corrected chi connectivity index (χ0v) is 15.9. The molecule has 2 aromatic carbocycles. The molecule has 8 nitrogen and oxygen atoms in total. The first-order chi connectivity index (χ1) is 12.8. The van der Waals surface area contributed by atoms with E-state index in [-0.39, 0.29) is 29.2 Å². The third kappa shape index (κ3) is 5.49. The molecule has 0 saturated carbocycles. The predicted octanol–water partition coefficient (Wildman–Crippen LogP) is 3.50. The molecule has 0 aliphatic rings. The Morgan fingerprint density at radius 3 is 2.37 bits per heavy atom. The molecule has 0 bridgehead atoms. The largest absolute Gasteiger partial charge is 0.497 e. The number of halogens is 1. The van der Waals surface area contributed by atoms with Crippen LogP contribution in [0.3, 0.4) is 0 Å². The van der Waals surface area contributed by atoms with Crippen LogP contribution in [-0.2, 0) is 0 Å². The zero-order valence-electron chi connectivity index (χ0n) is 15.1. The van der Waals surface area contributed by atoms with Crippen molar-refractivity contribution < 1.29 is 19.2 Å². The molecule has 2 aromatic rings. The van der Waals surface area contributed by atoms with Crippen LogP contribution in [0.15, 0.2) is 36.4 Å². The summed E-state index contributed by atoms with van der Waals surface area (Å²) in [5.41, 5.74) is 0.586. The number of amides is 1. The lowest BCUT2D eigenvalue weighted by atomic mass is 10.1. The SMILES string of the molecule is COc1cc(OC)cc(C(=O)N[C@@H](C)CNc2ccc(Cl)cc2[N+](=O)[O-])c1. The van der Waals surface area contributed by atoms with Crippen molar-refractivity contribution in [3.05, 3.63) is 57.1 Å². The number of benzene rings is 2. The van der Waals surface area contributed by atoms with Gasteiger partial charge < -0.3 is 20.1 Å². The maximum Gasteiger partial charge on any atom is 0.293 e. The van der Waals surface area contributed by atoms with Gasteiger partial charge in [-0.15, -0.1) is 0 Å². The summed E-state index contributed by atoms with van der Waals surface area (Å²) < 4.78 is 10.3. The van der Waals surface area contributed by atoms with Gasteiger partial charge in [-0.3, -0.25) is 14.9 Å². The van der Waals surface area contributed by atoms with E-state index in [0.717, 1.165) is 0 Å². The normalized spacial score (nSPS) is 11.4. The molecule has 1 amide bonds. The van der Waals surface area contributed by atoms with Crippen molar-refractivity contribution in [3.8, 4) is 11.5 Å². The minimum Gasteiger partial charge on any atom is -0.497 e. The molecular weight excluding hydrogens is 374 g/mol. The summed E-state index contributed by atoms with van der Waals surface area (Å²) in [5, 5.41) is 17.2. The fraction of sp³-hybridized carbons (Fsp3) is 0.278. The first-order valence-corrected chi connectivity index (χ1v) is 8.43. The molecule has 1 atom stereocenters. The quantitative estimate of drug-likeness (QED) is 0.525. The molecule has 9 heteroatoms. The van der Waals surface area contributed by atoms with Crippen molar-refractivity contribution in [1.29, 1.82) is 0 Å². The summed E-state index contributed by atoms with van der Waals surface area (Å²) in [4.78, 5) is 23.0. The lowest BCUT2D eigenvalue weighted by molar-refractivity contribution is -0.383. The number of carbonyl (C=O) groups excluding carboxylic acids is 1. The van der Waals surface area contributed by atoms with E-state index in [1.54, 1.807) is 31.2 Å². The van der Waals surface area contributed by atoms with E-state index in [0.29, 0.717) is 22.7 Å². The van der Waals surface area contributed by atoms with Gasteiger partial charge in [0.05, 0.1) is 19.1 Å². The average molecular weight is 394 g/mol. The molecule has 0 aliphatic carbocycles. The molecule has 0 aliphatic heterocycles. The van der Waals surface area contributed by atoms with Crippen LogP contribution in [0.4, 0.5) is 11.4 Å². The summed E-state index contributed by atoms with van der Waals surface area (Å²) in [6.45, 7) is 2.07. The van der Waals surface area contributed by atoms with Crippen LogP contribution in [0.2, 0.25) is 5.02 Å². The summed E-state index contributed by atoms with van der Waals surface area (Å²) in [7, 11) is 3.00. The van der Waals surface area contributed by atoms with Crippen LogP contribution in [0, 0.1) is 10.1 Å². The third-order valence-corrected chi connectivity index (χ3v) is 3.98. The van der Waals surface area contributed by atoms with Crippen LogP contribution < -0.4 is 20.1 Å². The second kappa shape index (κ2) is 9.09. The number of rotatable bonds is 8. The molecule has 0 heterocycles. The third-order valence-electron chi connectivity index (χ3n) is 3.75. The highest BCUT2D eigenvalue weighted by Gasteiger charge is 2.16. The molecule has 144 valence electrons. The maximum absolute atomic E-state index is 12.4. The monoisotopic (exact) mass is 393 g/mol. The van der Waals surface area contributed by atoms with Crippen LogP contribution in [0.5, 0.6) is 11.5 Å². The summed E-state index contributed by atoms with van der Waals surface area (Å²) >= 11 is 5.80. The second-order valence-corrected chi connectivity index (χ2v) is 6.21. The Morgan fingerprint density at radius 1 is 1.19 bits per heavy atom. The maximum atomic E-state index is 12.4. The predicted molar refractivity (Wildman–Crippen MR) is 103 cm³/mol. The van der Waals surface area contributed by atoms with Gasteiger partial charge in [0.1, 0.15) is 17.2 Å². The highest BCUT2D eigenvalue weighted by atomic mass is 35.5. The Hall–Kier alpha value is -3.00. The van der Waals surface area contributed by atoms with E-state index in [1.165, 1.54) is 26.4 Å². The standard InChI is InChI=1S/C18H20ClN3O5/c1-11(10-20-16-5-4-13(19)8-17(16)22(24)25)21-18(23)12-6-14(26-2)9-15(7-12)27-3/h4-9,11,20H,10H2,1-3H3,(H,21,23)/t11-/m0/s1. The number of nitrogens with zero attached hydrogens (tertiary/aromatic N) is 1. The van der Waals surface area contributed by atoms with Gasteiger partial charge in [0, 0.05) is 35.3 Å². The van der Waals surface area contributed by atoms with E-state index in [9.17, 15) is 14.9 Å².